The third kappa shape index (κ3) is 3.93. The first-order valence-electron chi connectivity index (χ1n) is 8.01. The second-order valence-corrected chi connectivity index (χ2v) is 7.71. The average molecular weight is 401 g/mol. The molecule has 142 valence electrons. The van der Waals surface area contributed by atoms with Crippen molar-refractivity contribution in [3.05, 3.63) is 53.8 Å². The lowest BCUT2D eigenvalue weighted by atomic mass is 9.95. The van der Waals surface area contributed by atoms with Gasteiger partial charge in [-0.1, -0.05) is 30.3 Å². The third-order valence-electron chi connectivity index (χ3n) is 4.21. The van der Waals surface area contributed by atoms with Gasteiger partial charge >= 0.3 is 5.97 Å². The van der Waals surface area contributed by atoms with Crippen LogP contribution in [0.15, 0.2) is 52.0 Å². The van der Waals surface area contributed by atoms with Crippen LogP contribution in [0.2, 0.25) is 0 Å². The number of halogens is 1. The Balaban J connectivity index is 0.00000243. The van der Waals surface area contributed by atoms with Crippen molar-refractivity contribution in [1.82, 2.24) is 4.31 Å². The smallest absolute Gasteiger partial charge is 0.374 e. The van der Waals surface area contributed by atoms with Gasteiger partial charge in [-0.2, -0.15) is 4.31 Å². The highest BCUT2D eigenvalue weighted by Gasteiger charge is 2.39. The molecule has 7 nitrogen and oxygen atoms in total. The molecule has 1 aliphatic rings. The van der Waals surface area contributed by atoms with E-state index in [0.717, 1.165) is 5.56 Å². The standard InChI is InChI=1S/C17H20N2O5S.ClH/c1-2-23-17(20)15-8-9-16(24-15)25(21,22)19-10-13(14(18)11-19)12-6-4-3-5-7-12;/h3-9,13-14H,2,10-11,18H2,1H3;1H/t13-,14+;/m0./s1. The molecule has 2 aromatic rings. The molecule has 0 saturated carbocycles. The predicted molar refractivity (Wildman–Crippen MR) is 97.8 cm³/mol. The maximum Gasteiger partial charge on any atom is 0.374 e. The van der Waals surface area contributed by atoms with E-state index in [9.17, 15) is 13.2 Å². The monoisotopic (exact) mass is 400 g/mol. The van der Waals surface area contributed by atoms with E-state index in [-0.39, 0.29) is 54.9 Å². The van der Waals surface area contributed by atoms with Crippen molar-refractivity contribution in [3.63, 3.8) is 0 Å². The van der Waals surface area contributed by atoms with Crippen molar-refractivity contribution in [2.24, 2.45) is 5.73 Å². The van der Waals surface area contributed by atoms with Crippen LogP contribution in [-0.2, 0) is 14.8 Å². The predicted octanol–water partition coefficient (Wildman–Crippen LogP) is 1.99. The quantitative estimate of drug-likeness (QED) is 0.770. The summed E-state index contributed by atoms with van der Waals surface area (Å²) in [4.78, 5) is 11.7. The molecule has 0 aliphatic carbocycles. The molecule has 26 heavy (non-hydrogen) atoms. The molecule has 0 unspecified atom stereocenters. The lowest BCUT2D eigenvalue weighted by Gasteiger charge is -2.15. The number of rotatable bonds is 5. The van der Waals surface area contributed by atoms with Gasteiger partial charge in [0, 0.05) is 25.0 Å². The Hall–Kier alpha value is -1.87. The Labute approximate surface area is 158 Å². The number of carbonyl (C=O) groups excluding carboxylic acids is 1. The molecular formula is C17H21ClN2O5S. The zero-order chi connectivity index (χ0) is 18.0. The van der Waals surface area contributed by atoms with Crippen molar-refractivity contribution in [1.29, 1.82) is 0 Å². The second kappa shape index (κ2) is 8.22. The third-order valence-corrected chi connectivity index (χ3v) is 5.92. The van der Waals surface area contributed by atoms with Crippen LogP contribution in [0.25, 0.3) is 0 Å². The molecule has 2 atom stereocenters. The molecule has 0 bridgehead atoms. The Bertz CT molecular complexity index is 853. The average Bonchev–Trinajstić information content (AvgIpc) is 3.23. The molecule has 1 saturated heterocycles. The van der Waals surface area contributed by atoms with Crippen molar-refractivity contribution >= 4 is 28.4 Å². The fourth-order valence-electron chi connectivity index (χ4n) is 2.94. The number of benzene rings is 1. The van der Waals surface area contributed by atoms with Crippen LogP contribution in [0.4, 0.5) is 0 Å². The number of ether oxygens (including phenoxy) is 1. The Morgan fingerprint density at radius 3 is 2.58 bits per heavy atom. The second-order valence-electron chi connectivity index (χ2n) is 5.84. The summed E-state index contributed by atoms with van der Waals surface area (Å²) in [6.45, 7) is 2.30. The molecule has 1 aromatic carbocycles. The highest BCUT2D eigenvalue weighted by Crippen LogP contribution is 2.31. The largest absolute Gasteiger partial charge is 0.460 e. The molecule has 3 rings (SSSR count). The number of esters is 1. The van der Waals surface area contributed by atoms with Gasteiger partial charge in [0.25, 0.3) is 10.0 Å². The molecule has 1 aromatic heterocycles. The molecule has 1 fully saturated rings. The maximum absolute atomic E-state index is 12.8. The Kier molecular flexibility index (Phi) is 6.46. The van der Waals surface area contributed by atoms with E-state index in [0.29, 0.717) is 0 Å². The number of furan rings is 1. The van der Waals surface area contributed by atoms with Crippen LogP contribution in [0, 0.1) is 0 Å². The van der Waals surface area contributed by atoms with E-state index in [1.54, 1.807) is 6.92 Å². The summed E-state index contributed by atoms with van der Waals surface area (Å²) in [5.74, 6) is -0.914. The molecule has 0 amide bonds. The van der Waals surface area contributed by atoms with Gasteiger partial charge in [-0.15, -0.1) is 12.4 Å². The molecule has 1 aliphatic heterocycles. The van der Waals surface area contributed by atoms with Crippen LogP contribution in [0.3, 0.4) is 0 Å². The lowest BCUT2D eigenvalue weighted by Crippen LogP contribution is -2.32. The summed E-state index contributed by atoms with van der Waals surface area (Å²) in [5.41, 5.74) is 7.16. The van der Waals surface area contributed by atoms with Crippen LogP contribution in [0.5, 0.6) is 0 Å². The minimum absolute atomic E-state index is 0. The summed E-state index contributed by atoms with van der Waals surface area (Å²) in [5, 5.41) is -0.281. The highest BCUT2D eigenvalue weighted by atomic mass is 35.5. The topological polar surface area (TPSA) is 103 Å². The highest BCUT2D eigenvalue weighted by molar-refractivity contribution is 7.89. The summed E-state index contributed by atoms with van der Waals surface area (Å²) < 4.78 is 36.9. The molecule has 0 radical (unpaired) electrons. The molecule has 2 N–H and O–H groups in total. The summed E-state index contributed by atoms with van der Waals surface area (Å²) >= 11 is 0. The van der Waals surface area contributed by atoms with Crippen LogP contribution >= 0.6 is 12.4 Å². The Morgan fingerprint density at radius 1 is 1.23 bits per heavy atom. The normalized spacial score (nSPS) is 20.5. The van der Waals surface area contributed by atoms with Crippen molar-refractivity contribution in [2.75, 3.05) is 19.7 Å². The van der Waals surface area contributed by atoms with Crippen molar-refractivity contribution < 1.29 is 22.4 Å². The number of nitrogens with two attached hydrogens (primary N) is 1. The SMILES string of the molecule is CCOC(=O)c1ccc(S(=O)(=O)N2C[C@@H](N)[C@H](c3ccccc3)C2)o1.Cl. The number of hydrogen-bond acceptors (Lipinski definition) is 6. The van der Waals surface area contributed by atoms with Gasteiger partial charge in [-0.25, -0.2) is 13.2 Å². The number of carbonyl (C=O) groups is 1. The maximum atomic E-state index is 12.8. The number of nitrogens with zero attached hydrogens (tertiary/aromatic N) is 1. The number of sulfonamides is 1. The van der Waals surface area contributed by atoms with E-state index in [4.69, 9.17) is 14.9 Å². The van der Waals surface area contributed by atoms with Gasteiger partial charge in [-0.05, 0) is 24.6 Å². The van der Waals surface area contributed by atoms with Gasteiger partial charge in [0.2, 0.25) is 10.9 Å². The van der Waals surface area contributed by atoms with Gasteiger partial charge in [0.1, 0.15) is 0 Å². The molecule has 9 heteroatoms. The van der Waals surface area contributed by atoms with Gasteiger partial charge in [-0.3, -0.25) is 0 Å². The Morgan fingerprint density at radius 2 is 1.92 bits per heavy atom. The lowest BCUT2D eigenvalue weighted by molar-refractivity contribution is 0.0483. The zero-order valence-electron chi connectivity index (χ0n) is 14.2. The fourth-order valence-corrected chi connectivity index (χ4v) is 4.35. The van der Waals surface area contributed by atoms with E-state index in [1.165, 1.54) is 16.4 Å². The minimum Gasteiger partial charge on any atom is -0.460 e. The van der Waals surface area contributed by atoms with Crippen molar-refractivity contribution in [3.8, 4) is 0 Å². The van der Waals surface area contributed by atoms with Crippen LogP contribution in [-0.4, -0.2) is 44.4 Å². The van der Waals surface area contributed by atoms with Gasteiger partial charge in [0.15, 0.2) is 0 Å². The summed E-state index contributed by atoms with van der Waals surface area (Å²) in [6, 6.07) is 11.8. The molecule has 0 spiro atoms. The van der Waals surface area contributed by atoms with E-state index >= 15 is 0 Å². The fraction of sp³-hybridized carbons (Fsp3) is 0.353. The first-order valence-corrected chi connectivity index (χ1v) is 9.45. The number of hydrogen-bond donors (Lipinski definition) is 1. The summed E-state index contributed by atoms with van der Waals surface area (Å²) in [6.07, 6.45) is 0. The van der Waals surface area contributed by atoms with E-state index < -0.39 is 16.0 Å². The van der Waals surface area contributed by atoms with Crippen molar-refractivity contribution in [2.45, 2.75) is 24.0 Å². The van der Waals surface area contributed by atoms with Gasteiger partial charge in [0.05, 0.1) is 6.61 Å². The van der Waals surface area contributed by atoms with Gasteiger partial charge < -0.3 is 14.9 Å². The van der Waals surface area contributed by atoms with Crippen LogP contribution in [0.1, 0.15) is 29.0 Å². The molecular weight excluding hydrogens is 380 g/mol. The molecule has 2 heterocycles. The first kappa shape index (κ1) is 20.4. The van der Waals surface area contributed by atoms with Crippen LogP contribution < -0.4 is 5.73 Å². The van der Waals surface area contributed by atoms with E-state index in [1.807, 2.05) is 30.3 Å². The van der Waals surface area contributed by atoms with E-state index in [2.05, 4.69) is 0 Å². The summed E-state index contributed by atoms with van der Waals surface area (Å²) in [7, 11) is -3.86. The zero-order valence-corrected chi connectivity index (χ0v) is 15.8. The first-order chi connectivity index (χ1) is 11.9. The minimum atomic E-state index is -3.86.